The Bertz CT molecular complexity index is 576. The van der Waals surface area contributed by atoms with Crippen LogP contribution in [-0.4, -0.2) is 41.0 Å². The molecule has 122 valence electrons. The summed E-state index contributed by atoms with van der Waals surface area (Å²) in [6.07, 6.45) is 2.77. The number of rotatable bonds is 6. The predicted octanol–water partition coefficient (Wildman–Crippen LogP) is 2.76. The Hall–Kier alpha value is -1.82. The van der Waals surface area contributed by atoms with Gasteiger partial charge in [-0.05, 0) is 11.6 Å². The molecule has 0 aromatic carbocycles. The topological polar surface area (TPSA) is 61.8 Å². The molecule has 0 saturated heterocycles. The summed E-state index contributed by atoms with van der Waals surface area (Å²) < 4.78 is 15.4. The first kappa shape index (κ1) is 18.2. The number of carbonyl (C=O) groups is 2. The zero-order valence-corrected chi connectivity index (χ0v) is 15.3. The third-order valence-corrected chi connectivity index (χ3v) is 5.45. The van der Waals surface area contributed by atoms with Gasteiger partial charge in [0.15, 0.2) is 5.76 Å². The highest BCUT2D eigenvalue weighted by molar-refractivity contribution is 6.84. The fourth-order valence-electron chi connectivity index (χ4n) is 2.44. The van der Waals surface area contributed by atoms with Crippen LogP contribution in [0.3, 0.4) is 0 Å². The van der Waals surface area contributed by atoms with Crippen molar-refractivity contribution in [3.63, 3.8) is 0 Å². The van der Waals surface area contributed by atoms with E-state index in [0.717, 1.165) is 11.6 Å². The van der Waals surface area contributed by atoms with Crippen molar-refractivity contribution in [1.29, 1.82) is 0 Å². The summed E-state index contributed by atoms with van der Waals surface area (Å²) >= 11 is 0. The van der Waals surface area contributed by atoms with Gasteiger partial charge in [-0.1, -0.05) is 32.6 Å². The fraction of sp³-hybridized carbons (Fsp3) is 0.500. The van der Waals surface area contributed by atoms with Gasteiger partial charge in [-0.15, -0.1) is 0 Å². The van der Waals surface area contributed by atoms with E-state index in [1.165, 1.54) is 21.3 Å². The maximum atomic E-state index is 12.8. The van der Waals surface area contributed by atoms with E-state index in [2.05, 4.69) is 19.6 Å². The lowest BCUT2D eigenvalue weighted by Crippen LogP contribution is -2.34. The molecule has 0 saturated carbocycles. The molecule has 0 aliphatic heterocycles. The second-order valence-electron chi connectivity index (χ2n) is 5.91. The van der Waals surface area contributed by atoms with Gasteiger partial charge in [0.1, 0.15) is 0 Å². The summed E-state index contributed by atoms with van der Waals surface area (Å²) in [5.74, 6) is -0.970. The minimum Gasteiger partial charge on any atom is -0.492 e. The average Bonchev–Trinajstić information content (AvgIpc) is 2.45. The summed E-state index contributed by atoms with van der Waals surface area (Å²) in [4.78, 5) is 25.4. The van der Waals surface area contributed by atoms with Crippen LogP contribution >= 0.6 is 0 Å². The van der Waals surface area contributed by atoms with E-state index in [9.17, 15) is 9.59 Å². The number of hydrogen-bond donors (Lipinski definition) is 0. The number of ether oxygens (including phenoxy) is 3. The van der Waals surface area contributed by atoms with E-state index in [1.807, 2.05) is 13.0 Å². The van der Waals surface area contributed by atoms with Crippen LogP contribution in [0.5, 0.6) is 0 Å². The number of allylic oxidation sites excluding steroid dienone is 3. The van der Waals surface area contributed by atoms with Gasteiger partial charge in [0.2, 0.25) is 17.3 Å². The molecule has 1 aliphatic rings. The van der Waals surface area contributed by atoms with E-state index in [0.29, 0.717) is 5.57 Å². The molecule has 0 N–H and O–H groups in total. The third-order valence-electron chi connectivity index (χ3n) is 3.38. The Balaban J connectivity index is 3.66. The van der Waals surface area contributed by atoms with E-state index >= 15 is 0 Å². The molecule has 6 heteroatoms. The van der Waals surface area contributed by atoms with Crippen LogP contribution < -0.4 is 0 Å². The second-order valence-corrected chi connectivity index (χ2v) is 10.9. The standard InChI is InChI=1S/C16H24O5Si/c1-8-9-10(22(5,6)7)11-12(17)15(20-3)16(21-4)13(18)14(11)19-2/h9H,8H2,1-7H3/b10-9+. The van der Waals surface area contributed by atoms with Gasteiger partial charge in [-0.2, -0.15) is 0 Å². The van der Waals surface area contributed by atoms with Crippen molar-refractivity contribution in [2.45, 2.75) is 33.0 Å². The van der Waals surface area contributed by atoms with Crippen molar-refractivity contribution < 1.29 is 23.8 Å². The van der Waals surface area contributed by atoms with Gasteiger partial charge < -0.3 is 14.2 Å². The van der Waals surface area contributed by atoms with E-state index < -0.39 is 13.9 Å². The average molecular weight is 324 g/mol. The molecule has 0 atom stereocenters. The summed E-state index contributed by atoms with van der Waals surface area (Å²) in [6.45, 7) is 8.35. The van der Waals surface area contributed by atoms with Crippen LogP contribution in [0.15, 0.2) is 34.1 Å². The highest BCUT2D eigenvalue weighted by Gasteiger charge is 2.41. The van der Waals surface area contributed by atoms with Crippen LogP contribution in [-0.2, 0) is 23.8 Å². The lowest BCUT2D eigenvalue weighted by atomic mass is 9.97. The Kier molecular flexibility index (Phi) is 5.76. The second kappa shape index (κ2) is 6.96. The number of hydrogen-bond acceptors (Lipinski definition) is 5. The molecule has 5 nitrogen and oxygen atoms in total. The number of Topliss-reactive ketones (excluding diaryl/α,β-unsaturated/α-hetero) is 2. The van der Waals surface area contributed by atoms with Crippen LogP contribution in [0.25, 0.3) is 0 Å². The predicted molar refractivity (Wildman–Crippen MR) is 86.8 cm³/mol. The maximum absolute atomic E-state index is 12.8. The number of carbonyl (C=O) groups excluding carboxylic acids is 2. The van der Waals surface area contributed by atoms with Crippen LogP contribution in [0, 0.1) is 0 Å². The summed E-state index contributed by atoms with van der Waals surface area (Å²) in [5.41, 5.74) is 0.311. The van der Waals surface area contributed by atoms with Crippen molar-refractivity contribution in [3.05, 3.63) is 34.1 Å². The highest BCUT2D eigenvalue weighted by Crippen LogP contribution is 2.34. The largest absolute Gasteiger partial charge is 0.492 e. The minimum atomic E-state index is -1.87. The minimum absolute atomic E-state index is 0.0322. The summed E-state index contributed by atoms with van der Waals surface area (Å²) in [6, 6.07) is 0. The first-order chi connectivity index (χ1) is 10.2. The Morgan fingerprint density at radius 3 is 1.73 bits per heavy atom. The van der Waals surface area contributed by atoms with E-state index in [-0.39, 0.29) is 23.1 Å². The molecule has 0 heterocycles. The first-order valence-corrected chi connectivity index (χ1v) is 10.6. The quantitative estimate of drug-likeness (QED) is 0.555. The van der Waals surface area contributed by atoms with Crippen molar-refractivity contribution in [1.82, 2.24) is 0 Å². The Morgan fingerprint density at radius 2 is 1.36 bits per heavy atom. The van der Waals surface area contributed by atoms with E-state index in [4.69, 9.17) is 14.2 Å². The van der Waals surface area contributed by atoms with Crippen LogP contribution in [0.1, 0.15) is 13.3 Å². The molecule has 0 spiro atoms. The fourth-order valence-corrected chi connectivity index (χ4v) is 4.23. The molecule has 0 aromatic heterocycles. The monoisotopic (exact) mass is 324 g/mol. The SMILES string of the molecule is CC/C=C(\C1=C(OC)C(=O)C(OC)=C(OC)C1=O)[Si](C)(C)C. The van der Waals surface area contributed by atoms with Gasteiger partial charge in [0.25, 0.3) is 5.78 Å². The molecular weight excluding hydrogens is 300 g/mol. The van der Waals surface area contributed by atoms with Gasteiger partial charge in [-0.25, -0.2) is 0 Å². The molecule has 1 aliphatic carbocycles. The molecule has 22 heavy (non-hydrogen) atoms. The molecule has 0 amide bonds. The molecule has 1 rings (SSSR count). The molecule has 0 bridgehead atoms. The molecular formula is C16H24O5Si. The first-order valence-electron chi connectivity index (χ1n) is 7.15. The smallest absolute Gasteiger partial charge is 0.266 e. The van der Waals surface area contributed by atoms with Crippen molar-refractivity contribution in [3.8, 4) is 0 Å². The van der Waals surface area contributed by atoms with Gasteiger partial charge >= 0.3 is 0 Å². The summed E-state index contributed by atoms with van der Waals surface area (Å²) in [7, 11) is 2.21. The van der Waals surface area contributed by atoms with Crippen molar-refractivity contribution >= 4 is 19.6 Å². The summed E-state index contributed by atoms with van der Waals surface area (Å²) in [5, 5.41) is 0.898. The third kappa shape index (κ3) is 3.16. The van der Waals surface area contributed by atoms with Gasteiger partial charge in [0.05, 0.1) is 35.0 Å². The Morgan fingerprint density at radius 1 is 0.909 bits per heavy atom. The van der Waals surface area contributed by atoms with Gasteiger partial charge in [0, 0.05) is 0 Å². The van der Waals surface area contributed by atoms with Crippen LogP contribution in [0.2, 0.25) is 19.6 Å². The zero-order valence-electron chi connectivity index (χ0n) is 14.3. The molecule has 0 aromatic rings. The maximum Gasteiger partial charge on any atom is 0.266 e. The van der Waals surface area contributed by atoms with Gasteiger partial charge in [-0.3, -0.25) is 9.59 Å². The van der Waals surface area contributed by atoms with Crippen molar-refractivity contribution in [2.24, 2.45) is 0 Å². The lowest BCUT2D eigenvalue weighted by Gasteiger charge is -2.28. The van der Waals surface area contributed by atoms with E-state index in [1.54, 1.807) is 0 Å². The van der Waals surface area contributed by atoms with Crippen LogP contribution in [0.4, 0.5) is 0 Å². The number of ketones is 2. The van der Waals surface area contributed by atoms with Crippen molar-refractivity contribution in [2.75, 3.05) is 21.3 Å². The molecule has 0 unspecified atom stereocenters. The highest BCUT2D eigenvalue weighted by atomic mass is 28.3. The zero-order chi connectivity index (χ0) is 17.1. The normalized spacial score (nSPS) is 17.1. The lowest BCUT2D eigenvalue weighted by molar-refractivity contribution is -0.123. The molecule has 0 radical (unpaired) electrons. The Labute approximate surface area is 132 Å². The number of methoxy groups -OCH3 is 3. The molecule has 0 fully saturated rings.